The van der Waals surface area contributed by atoms with Crippen LogP contribution in [0, 0.1) is 21.7 Å². The standard InChI is InChI=1S/C14H11ClF2N2O2/c1-8(9-4-10(16)6-11(17)5-9)18-12-2-3-13(15)14(7-12)19(20)21/h2-8,18H,1H3. The summed E-state index contributed by atoms with van der Waals surface area (Å²) in [7, 11) is 0. The lowest BCUT2D eigenvalue weighted by molar-refractivity contribution is -0.384. The van der Waals surface area contributed by atoms with Crippen molar-refractivity contribution in [2.45, 2.75) is 13.0 Å². The SMILES string of the molecule is CC(Nc1ccc(Cl)c([N+](=O)[O-])c1)c1cc(F)cc(F)c1. The first-order chi connectivity index (χ1) is 9.86. The van der Waals surface area contributed by atoms with E-state index in [9.17, 15) is 18.9 Å². The van der Waals surface area contributed by atoms with E-state index in [1.54, 1.807) is 13.0 Å². The summed E-state index contributed by atoms with van der Waals surface area (Å²) < 4.78 is 26.4. The predicted molar refractivity (Wildman–Crippen MR) is 76.5 cm³/mol. The number of nitro groups is 1. The molecule has 0 aliphatic carbocycles. The van der Waals surface area contributed by atoms with Crippen molar-refractivity contribution >= 4 is 23.0 Å². The Morgan fingerprint density at radius 1 is 1.19 bits per heavy atom. The molecular weight excluding hydrogens is 302 g/mol. The Morgan fingerprint density at radius 3 is 2.38 bits per heavy atom. The zero-order valence-electron chi connectivity index (χ0n) is 10.9. The second-order valence-corrected chi connectivity index (χ2v) is 4.90. The van der Waals surface area contributed by atoms with Gasteiger partial charge in [-0.2, -0.15) is 0 Å². The zero-order chi connectivity index (χ0) is 15.6. The summed E-state index contributed by atoms with van der Waals surface area (Å²) in [6, 6.07) is 6.96. The summed E-state index contributed by atoms with van der Waals surface area (Å²) in [5.41, 5.74) is 0.590. The van der Waals surface area contributed by atoms with Crippen LogP contribution in [0.5, 0.6) is 0 Å². The van der Waals surface area contributed by atoms with E-state index in [0.29, 0.717) is 11.3 Å². The molecule has 0 aliphatic rings. The highest BCUT2D eigenvalue weighted by atomic mass is 35.5. The Hall–Kier alpha value is -2.21. The van der Waals surface area contributed by atoms with Crippen molar-refractivity contribution in [3.8, 4) is 0 Å². The van der Waals surface area contributed by atoms with Gasteiger partial charge in [0.15, 0.2) is 0 Å². The number of anilines is 1. The van der Waals surface area contributed by atoms with Gasteiger partial charge >= 0.3 is 0 Å². The van der Waals surface area contributed by atoms with Crippen molar-refractivity contribution in [1.29, 1.82) is 0 Å². The van der Waals surface area contributed by atoms with E-state index in [-0.39, 0.29) is 10.7 Å². The third-order valence-corrected chi connectivity index (χ3v) is 3.23. The summed E-state index contributed by atoms with van der Waals surface area (Å²) in [6.45, 7) is 1.69. The number of hydrogen-bond donors (Lipinski definition) is 1. The summed E-state index contributed by atoms with van der Waals surface area (Å²) >= 11 is 5.72. The van der Waals surface area contributed by atoms with Gasteiger partial charge in [0.2, 0.25) is 0 Å². The molecule has 2 rings (SSSR count). The van der Waals surface area contributed by atoms with E-state index in [0.717, 1.165) is 6.07 Å². The molecule has 2 aromatic rings. The van der Waals surface area contributed by atoms with Crippen LogP contribution < -0.4 is 5.32 Å². The molecule has 0 amide bonds. The molecule has 0 fully saturated rings. The molecule has 0 bridgehead atoms. The Bertz CT molecular complexity index is 674. The summed E-state index contributed by atoms with van der Waals surface area (Å²) in [4.78, 5) is 10.2. The topological polar surface area (TPSA) is 55.2 Å². The summed E-state index contributed by atoms with van der Waals surface area (Å²) in [5, 5.41) is 13.8. The third-order valence-electron chi connectivity index (χ3n) is 2.91. The molecular formula is C14H11ClF2N2O2. The minimum absolute atomic E-state index is 0.0232. The number of rotatable bonds is 4. The second-order valence-electron chi connectivity index (χ2n) is 4.49. The second kappa shape index (κ2) is 6.05. The molecule has 0 radical (unpaired) electrons. The number of hydrogen-bond acceptors (Lipinski definition) is 3. The van der Waals surface area contributed by atoms with Crippen LogP contribution in [0.25, 0.3) is 0 Å². The maximum absolute atomic E-state index is 13.2. The molecule has 0 spiro atoms. The molecule has 1 unspecified atom stereocenters. The van der Waals surface area contributed by atoms with Crippen molar-refractivity contribution in [1.82, 2.24) is 0 Å². The zero-order valence-corrected chi connectivity index (χ0v) is 11.7. The maximum Gasteiger partial charge on any atom is 0.289 e. The van der Waals surface area contributed by atoms with E-state index in [4.69, 9.17) is 11.6 Å². The van der Waals surface area contributed by atoms with Gasteiger partial charge in [0.25, 0.3) is 5.69 Å². The van der Waals surface area contributed by atoms with Gasteiger partial charge in [-0.1, -0.05) is 11.6 Å². The van der Waals surface area contributed by atoms with Gasteiger partial charge in [0.05, 0.1) is 4.92 Å². The average Bonchev–Trinajstić information content (AvgIpc) is 2.39. The van der Waals surface area contributed by atoms with Crippen molar-refractivity contribution in [3.05, 3.63) is 68.7 Å². The van der Waals surface area contributed by atoms with Crippen LogP contribution in [0.3, 0.4) is 0 Å². The third kappa shape index (κ3) is 3.66. The van der Waals surface area contributed by atoms with Crippen molar-refractivity contribution in [2.75, 3.05) is 5.32 Å². The van der Waals surface area contributed by atoms with Gasteiger partial charge < -0.3 is 5.32 Å². The molecule has 1 atom stereocenters. The Balaban J connectivity index is 2.25. The van der Waals surface area contributed by atoms with Crippen molar-refractivity contribution in [2.24, 2.45) is 0 Å². The lowest BCUT2D eigenvalue weighted by Gasteiger charge is -2.16. The smallest absolute Gasteiger partial charge is 0.289 e. The van der Waals surface area contributed by atoms with Crippen LogP contribution in [0.15, 0.2) is 36.4 Å². The van der Waals surface area contributed by atoms with E-state index < -0.39 is 22.6 Å². The van der Waals surface area contributed by atoms with Crippen LogP contribution in [0.1, 0.15) is 18.5 Å². The minimum Gasteiger partial charge on any atom is -0.378 e. The first-order valence-corrected chi connectivity index (χ1v) is 6.41. The molecule has 0 aromatic heterocycles. The molecule has 0 saturated heterocycles. The molecule has 0 heterocycles. The van der Waals surface area contributed by atoms with Gasteiger partial charge in [0, 0.05) is 23.9 Å². The number of benzene rings is 2. The molecule has 0 saturated carbocycles. The first kappa shape index (κ1) is 15.2. The Morgan fingerprint density at radius 2 is 1.81 bits per heavy atom. The number of halogens is 3. The fourth-order valence-electron chi connectivity index (χ4n) is 1.90. The molecule has 0 aliphatic heterocycles. The van der Waals surface area contributed by atoms with E-state index >= 15 is 0 Å². The van der Waals surface area contributed by atoms with E-state index in [1.807, 2.05) is 0 Å². The number of nitro benzene ring substituents is 1. The monoisotopic (exact) mass is 312 g/mol. The van der Waals surface area contributed by atoms with Crippen LogP contribution >= 0.6 is 11.6 Å². The largest absolute Gasteiger partial charge is 0.378 e. The quantitative estimate of drug-likeness (QED) is 0.657. The molecule has 4 nitrogen and oxygen atoms in total. The minimum atomic E-state index is -0.680. The van der Waals surface area contributed by atoms with Gasteiger partial charge in [-0.3, -0.25) is 10.1 Å². The average molecular weight is 313 g/mol. The molecule has 7 heteroatoms. The normalized spacial score (nSPS) is 12.0. The van der Waals surface area contributed by atoms with E-state index in [1.165, 1.54) is 24.3 Å². The van der Waals surface area contributed by atoms with Crippen LogP contribution in [0.4, 0.5) is 20.2 Å². The van der Waals surface area contributed by atoms with Crippen LogP contribution in [-0.4, -0.2) is 4.92 Å². The summed E-state index contributed by atoms with van der Waals surface area (Å²) in [6.07, 6.45) is 0. The lowest BCUT2D eigenvalue weighted by Crippen LogP contribution is -2.07. The van der Waals surface area contributed by atoms with Gasteiger partial charge in [-0.05, 0) is 36.8 Å². The number of nitrogens with one attached hydrogen (secondary N) is 1. The first-order valence-electron chi connectivity index (χ1n) is 6.03. The number of nitrogens with zero attached hydrogens (tertiary/aromatic N) is 1. The lowest BCUT2D eigenvalue weighted by atomic mass is 10.1. The molecule has 21 heavy (non-hydrogen) atoms. The van der Waals surface area contributed by atoms with Gasteiger partial charge in [0.1, 0.15) is 16.7 Å². The Labute approximate surface area is 124 Å². The fourth-order valence-corrected chi connectivity index (χ4v) is 2.09. The fraction of sp³-hybridized carbons (Fsp3) is 0.143. The summed E-state index contributed by atoms with van der Waals surface area (Å²) in [5.74, 6) is -1.36. The van der Waals surface area contributed by atoms with Crippen molar-refractivity contribution in [3.63, 3.8) is 0 Å². The van der Waals surface area contributed by atoms with E-state index in [2.05, 4.69) is 5.32 Å². The highest BCUT2D eigenvalue weighted by Gasteiger charge is 2.14. The molecule has 1 N–H and O–H groups in total. The molecule has 110 valence electrons. The highest BCUT2D eigenvalue weighted by molar-refractivity contribution is 6.32. The highest BCUT2D eigenvalue weighted by Crippen LogP contribution is 2.29. The van der Waals surface area contributed by atoms with Crippen LogP contribution in [-0.2, 0) is 0 Å². The predicted octanol–water partition coefficient (Wildman–Crippen LogP) is 4.70. The maximum atomic E-state index is 13.2. The van der Waals surface area contributed by atoms with Crippen LogP contribution in [0.2, 0.25) is 5.02 Å². The Kier molecular flexibility index (Phi) is 4.37. The van der Waals surface area contributed by atoms with Gasteiger partial charge in [-0.25, -0.2) is 8.78 Å². The van der Waals surface area contributed by atoms with Gasteiger partial charge in [-0.15, -0.1) is 0 Å². The molecule has 2 aromatic carbocycles. The van der Waals surface area contributed by atoms with Crippen molar-refractivity contribution < 1.29 is 13.7 Å².